The third-order valence-corrected chi connectivity index (χ3v) is 4.22. The Balaban J connectivity index is 1.87. The normalized spacial score (nSPS) is 15.9. The summed E-state index contributed by atoms with van der Waals surface area (Å²) < 4.78 is 0. The van der Waals surface area contributed by atoms with Crippen LogP contribution in [0, 0.1) is 5.92 Å². The fourth-order valence-electron chi connectivity index (χ4n) is 2.92. The standard InChI is InChI=1S/C18H26N2O2/c1-13(2)19-18(22)17-6-4-15(5-7-17)12-16-8-10-20(11-9-16)14(3)21/h4-7,13,16H,8-12H2,1-3H3,(H,19,22). The van der Waals surface area contributed by atoms with Gasteiger partial charge in [-0.15, -0.1) is 0 Å². The van der Waals surface area contributed by atoms with Crippen LogP contribution in [0.3, 0.4) is 0 Å². The minimum absolute atomic E-state index is 0.0173. The van der Waals surface area contributed by atoms with Gasteiger partial charge in [0.1, 0.15) is 0 Å². The highest BCUT2D eigenvalue weighted by atomic mass is 16.2. The van der Waals surface area contributed by atoms with Gasteiger partial charge in [-0.1, -0.05) is 12.1 Å². The molecule has 0 aliphatic carbocycles. The lowest BCUT2D eigenvalue weighted by Crippen LogP contribution is -2.37. The van der Waals surface area contributed by atoms with Gasteiger partial charge < -0.3 is 10.2 Å². The van der Waals surface area contributed by atoms with E-state index >= 15 is 0 Å². The maximum absolute atomic E-state index is 11.9. The van der Waals surface area contributed by atoms with Crippen LogP contribution < -0.4 is 5.32 Å². The molecule has 0 radical (unpaired) electrons. The van der Waals surface area contributed by atoms with Crippen molar-refractivity contribution in [3.63, 3.8) is 0 Å². The number of piperidine rings is 1. The third kappa shape index (κ3) is 4.58. The molecule has 4 nitrogen and oxygen atoms in total. The molecule has 2 amide bonds. The highest BCUT2D eigenvalue weighted by Crippen LogP contribution is 2.22. The van der Waals surface area contributed by atoms with Crippen LogP contribution in [0.4, 0.5) is 0 Å². The number of nitrogens with one attached hydrogen (secondary N) is 1. The quantitative estimate of drug-likeness (QED) is 0.929. The lowest BCUT2D eigenvalue weighted by molar-refractivity contribution is -0.130. The highest BCUT2D eigenvalue weighted by Gasteiger charge is 2.20. The van der Waals surface area contributed by atoms with E-state index in [2.05, 4.69) is 5.32 Å². The van der Waals surface area contributed by atoms with Crippen molar-refractivity contribution in [1.29, 1.82) is 0 Å². The average Bonchev–Trinajstić information content (AvgIpc) is 2.48. The van der Waals surface area contributed by atoms with Gasteiger partial charge in [0.15, 0.2) is 0 Å². The van der Waals surface area contributed by atoms with E-state index < -0.39 is 0 Å². The number of amides is 2. The van der Waals surface area contributed by atoms with Gasteiger partial charge >= 0.3 is 0 Å². The van der Waals surface area contributed by atoms with Crippen LogP contribution in [0.1, 0.15) is 49.5 Å². The molecular formula is C18H26N2O2. The topological polar surface area (TPSA) is 49.4 Å². The average molecular weight is 302 g/mol. The minimum Gasteiger partial charge on any atom is -0.350 e. The van der Waals surface area contributed by atoms with Crippen LogP contribution in [-0.4, -0.2) is 35.8 Å². The van der Waals surface area contributed by atoms with Gasteiger partial charge in [-0.25, -0.2) is 0 Å². The summed E-state index contributed by atoms with van der Waals surface area (Å²) in [6.07, 6.45) is 3.15. The number of carbonyl (C=O) groups excluding carboxylic acids is 2. The molecular weight excluding hydrogens is 276 g/mol. The Morgan fingerprint density at radius 2 is 1.77 bits per heavy atom. The van der Waals surface area contributed by atoms with Gasteiger partial charge in [0.05, 0.1) is 0 Å². The van der Waals surface area contributed by atoms with Crippen molar-refractivity contribution in [1.82, 2.24) is 10.2 Å². The van der Waals surface area contributed by atoms with Gasteiger partial charge in [-0.3, -0.25) is 9.59 Å². The van der Waals surface area contributed by atoms with Crippen molar-refractivity contribution in [2.45, 2.75) is 46.1 Å². The van der Waals surface area contributed by atoms with Gasteiger partial charge in [-0.05, 0) is 56.7 Å². The largest absolute Gasteiger partial charge is 0.350 e. The molecule has 1 saturated heterocycles. The molecule has 22 heavy (non-hydrogen) atoms. The predicted octanol–water partition coefficient (Wildman–Crippen LogP) is 2.63. The first-order valence-electron chi connectivity index (χ1n) is 8.11. The van der Waals surface area contributed by atoms with Gasteiger partial charge in [0.25, 0.3) is 5.91 Å². The molecule has 0 atom stereocenters. The maximum Gasteiger partial charge on any atom is 0.251 e. The summed E-state index contributed by atoms with van der Waals surface area (Å²) in [4.78, 5) is 25.2. The second-order valence-corrected chi connectivity index (χ2v) is 6.48. The van der Waals surface area contributed by atoms with E-state index in [9.17, 15) is 9.59 Å². The lowest BCUT2D eigenvalue weighted by Gasteiger charge is -2.31. The number of hydrogen-bond donors (Lipinski definition) is 1. The third-order valence-electron chi connectivity index (χ3n) is 4.22. The van der Waals surface area contributed by atoms with Crippen molar-refractivity contribution >= 4 is 11.8 Å². The smallest absolute Gasteiger partial charge is 0.251 e. The van der Waals surface area contributed by atoms with E-state index in [-0.39, 0.29) is 17.9 Å². The second kappa shape index (κ2) is 7.43. The van der Waals surface area contributed by atoms with Crippen molar-refractivity contribution in [2.24, 2.45) is 5.92 Å². The zero-order valence-electron chi connectivity index (χ0n) is 13.8. The monoisotopic (exact) mass is 302 g/mol. The zero-order chi connectivity index (χ0) is 16.1. The Bertz CT molecular complexity index is 514. The SMILES string of the molecule is CC(=O)N1CCC(Cc2ccc(C(=O)NC(C)C)cc2)CC1. The molecule has 2 rings (SSSR count). The molecule has 0 unspecified atom stereocenters. The fraction of sp³-hybridized carbons (Fsp3) is 0.556. The van der Waals surface area contributed by atoms with Crippen molar-refractivity contribution in [3.05, 3.63) is 35.4 Å². The molecule has 4 heteroatoms. The number of carbonyl (C=O) groups is 2. The molecule has 1 fully saturated rings. The molecule has 1 heterocycles. The van der Waals surface area contributed by atoms with E-state index in [1.165, 1.54) is 5.56 Å². The number of benzene rings is 1. The van der Waals surface area contributed by atoms with Gasteiger partial charge in [0, 0.05) is 31.6 Å². The van der Waals surface area contributed by atoms with E-state index in [0.717, 1.165) is 32.4 Å². The van der Waals surface area contributed by atoms with Crippen molar-refractivity contribution < 1.29 is 9.59 Å². The maximum atomic E-state index is 11.9. The summed E-state index contributed by atoms with van der Waals surface area (Å²) in [6.45, 7) is 7.30. The van der Waals surface area contributed by atoms with Crippen LogP contribution in [0.15, 0.2) is 24.3 Å². The van der Waals surface area contributed by atoms with Crippen molar-refractivity contribution in [2.75, 3.05) is 13.1 Å². The fourth-order valence-corrected chi connectivity index (χ4v) is 2.92. The molecule has 1 aliphatic rings. The molecule has 1 aliphatic heterocycles. The summed E-state index contributed by atoms with van der Waals surface area (Å²) in [6, 6.07) is 8.05. The first kappa shape index (κ1) is 16.5. The van der Waals surface area contributed by atoms with Crippen LogP contribution in [-0.2, 0) is 11.2 Å². The summed E-state index contributed by atoms with van der Waals surface area (Å²) in [7, 11) is 0. The Hall–Kier alpha value is -1.84. The lowest BCUT2D eigenvalue weighted by atomic mass is 9.90. The first-order chi connectivity index (χ1) is 10.5. The van der Waals surface area contributed by atoms with E-state index in [1.54, 1.807) is 6.92 Å². The number of hydrogen-bond acceptors (Lipinski definition) is 2. The molecule has 0 aromatic heterocycles. The van der Waals surface area contributed by atoms with Crippen LogP contribution in [0.5, 0.6) is 0 Å². The molecule has 0 bridgehead atoms. The predicted molar refractivity (Wildman–Crippen MR) is 87.7 cm³/mol. The Labute approximate surface area is 132 Å². The van der Waals surface area contributed by atoms with E-state index in [1.807, 2.05) is 43.0 Å². The molecule has 1 aromatic carbocycles. The van der Waals surface area contributed by atoms with Gasteiger partial charge in [-0.2, -0.15) is 0 Å². The molecule has 1 N–H and O–H groups in total. The number of likely N-dealkylation sites (tertiary alicyclic amines) is 1. The second-order valence-electron chi connectivity index (χ2n) is 6.48. The first-order valence-corrected chi connectivity index (χ1v) is 8.11. The van der Waals surface area contributed by atoms with Crippen molar-refractivity contribution in [3.8, 4) is 0 Å². The van der Waals surface area contributed by atoms with E-state index in [0.29, 0.717) is 11.5 Å². The minimum atomic E-state index is -0.0173. The molecule has 120 valence electrons. The Morgan fingerprint density at radius 3 is 2.27 bits per heavy atom. The van der Waals surface area contributed by atoms with Crippen LogP contribution in [0.25, 0.3) is 0 Å². The number of nitrogens with zero attached hydrogens (tertiary/aromatic N) is 1. The molecule has 0 saturated carbocycles. The van der Waals surface area contributed by atoms with Crippen LogP contribution in [0.2, 0.25) is 0 Å². The molecule has 1 aromatic rings. The summed E-state index contributed by atoms with van der Waals surface area (Å²) in [5, 5.41) is 2.90. The summed E-state index contributed by atoms with van der Waals surface area (Å²) in [5.41, 5.74) is 1.98. The molecule has 0 spiro atoms. The zero-order valence-corrected chi connectivity index (χ0v) is 13.8. The number of rotatable bonds is 4. The van der Waals surface area contributed by atoms with E-state index in [4.69, 9.17) is 0 Å². The van der Waals surface area contributed by atoms with Gasteiger partial charge in [0.2, 0.25) is 5.91 Å². The van der Waals surface area contributed by atoms with Crippen LogP contribution >= 0.6 is 0 Å². The summed E-state index contributed by atoms with van der Waals surface area (Å²) >= 11 is 0. The highest BCUT2D eigenvalue weighted by molar-refractivity contribution is 5.94. The summed E-state index contributed by atoms with van der Waals surface area (Å²) in [5.74, 6) is 0.793. The Kier molecular flexibility index (Phi) is 5.58. The Morgan fingerprint density at radius 1 is 1.18 bits per heavy atom.